The summed E-state index contributed by atoms with van der Waals surface area (Å²) >= 11 is 0. The number of carboxylic acids is 1. The monoisotopic (exact) mass is 197 g/mol. The normalized spacial score (nSPS) is 15.1. The molecule has 4 heteroatoms. The molecule has 0 fully saturated rings. The molecule has 0 bridgehead atoms. The Hall–Kier alpha value is -1.29. The number of nitrogens with one attached hydrogen (secondary N) is 1. The number of rotatable bonds is 3. The Morgan fingerprint density at radius 2 is 2.14 bits per heavy atom. The second-order valence-corrected chi connectivity index (χ2v) is 3.55. The fourth-order valence-corrected chi connectivity index (χ4v) is 1.52. The molecule has 1 rings (SSSR count). The number of aromatic nitrogens is 1. The van der Waals surface area contributed by atoms with Gasteiger partial charge in [0.25, 0.3) is 0 Å². The van der Waals surface area contributed by atoms with Gasteiger partial charge in [0.05, 0.1) is 5.69 Å². The van der Waals surface area contributed by atoms with Crippen molar-refractivity contribution in [3.8, 4) is 0 Å². The molecule has 0 saturated carbocycles. The summed E-state index contributed by atoms with van der Waals surface area (Å²) in [6.07, 6.45) is 0. The lowest BCUT2D eigenvalue weighted by Crippen LogP contribution is -2.35. The van der Waals surface area contributed by atoms with Crippen LogP contribution in [0, 0.1) is 13.8 Å². The molecule has 0 aliphatic heterocycles. The summed E-state index contributed by atoms with van der Waals surface area (Å²) in [5.74, 6) is -0.995. The summed E-state index contributed by atoms with van der Waals surface area (Å²) in [6, 6.07) is 1.90. The number of aliphatic carboxylic acids is 1. The van der Waals surface area contributed by atoms with Gasteiger partial charge in [-0.05, 0) is 32.4 Å². The Labute approximate surface area is 82.9 Å². The molecule has 1 aromatic rings. The first-order chi connectivity index (χ1) is 6.41. The average Bonchev–Trinajstić information content (AvgIpc) is 2.44. The van der Waals surface area contributed by atoms with E-state index in [4.69, 9.17) is 9.84 Å². The lowest BCUT2D eigenvalue weighted by atomic mass is 9.99. The third-order valence-electron chi connectivity index (χ3n) is 2.44. The number of hydrogen-bond donors (Lipinski definition) is 2. The van der Waals surface area contributed by atoms with E-state index in [0.717, 1.165) is 11.3 Å². The number of H-pyrrole nitrogens is 1. The Morgan fingerprint density at radius 1 is 1.57 bits per heavy atom. The van der Waals surface area contributed by atoms with Gasteiger partial charge in [0.2, 0.25) is 5.60 Å². The van der Waals surface area contributed by atoms with Gasteiger partial charge in [0, 0.05) is 12.8 Å². The largest absolute Gasteiger partial charge is 0.479 e. The second kappa shape index (κ2) is 3.46. The van der Waals surface area contributed by atoms with Gasteiger partial charge in [-0.25, -0.2) is 4.79 Å². The minimum Gasteiger partial charge on any atom is -0.479 e. The van der Waals surface area contributed by atoms with Gasteiger partial charge in [0.1, 0.15) is 0 Å². The molecule has 1 atom stereocenters. The van der Waals surface area contributed by atoms with E-state index in [9.17, 15) is 4.79 Å². The third-order valence-corrected chi connectivity index (χ3v) is 2.44. The quantitative estimate of drug-likeness (QED) is 0.773. The summed E-state index contributed by atoms with van der Waals surface area (Å²) in [4.78, 5) is 14.1. The molecule has 1 unspecified atom stereocenters. The maximum atomic E-state index is 11.1. The van der Waals surface area contributed by atoms with Gasteiger partial charge in [-0.2, -0.15) is 0 Å². The van der Waals surface area contributed by atoms with Crippen molar-refractivity contribution in [3.05, 3.63) is 23.0 Å². The predicted molar refractivity (Wildman–Crippen MR) is 52.3 cm³/mol. The van der Waals surface area contributed by atoms with Crippen LogP contribution in [0.5, 0.6) is 0 Å². The Kier molecular flexibility index (Phi) is 2.66. The van der Waals surface area contributed by atoms with Crippen LogP contribution >= 0.6 is 0 Å². The van der Waals surface area contributed by atoms with E-state index in [2.05, 4.69) is 4.98 Å². The smallest absolute Gasteiger partial charge is 0.341 e. The van der Waals surface area contributed by atoms with E-state index in [0.29, 0.717) is 5.69 Å². The maximum Gasteiger partial charge on any atom is 0.341 e. The summed E-state index contributed by atoms with van der Waals surface area (Å²) in [5.41, 5.74) is 1.14. The van der Waals surface area contributed by atoms with Crippen LogP contribution in [0.25, 0.3) is 0 Å². The van der Waals surface area contributed by atoms with E-state index in [1.807, 2.05) is 19.9 Å². The summed E-state index contributed by atoms with van der Waals surface area (Å²) in [5, 5.41) is 9.07. The van der Waals surface area contributed by atoms with Gasteiger partial charge in [-0.3, -0.25) is 0 Å². The van der Waals surface area contributed by atoms with E-state index >= 15 is 0 Å². The molecule has 0 aliphatic carbocycles. The summed E-state index contributed by atoms with van der Waals surface area (Å²) < 4.78 is 5.05. The van der Waals surface area contributed by atoms with Crippen molar-refractivity contribution in [1.82, 2.24) is 4.98 Å². The Bertz CT molecular complexity index is 356. The number of carbonyl (C=O) groups is 1. The summed E-state index contributed by atoms with van der Waals surface area (Å²) in [7, 11) is 1.39. The lowest BCUT2D eigenvalue weighted by molar-refractivity contribution is -0.161. The molecular weight excluding hydrogens is 182 g/mol. The highest BCUT2D eigenvalue weighted by Crippen LogP contribution is 2.27. The van der Waals surface area contributed by atoms with Crippen molar-refractivity contribution in [2.75, 3.05) is 7.11 Å². The molecule has 0 radical (unpaired) electrons. The molecule has 0 amide bonds. The first-order valence-corrected chi connectivity index (χ1v) is 4.37. The molecule has 1 aromatic heterocycles. The topological polar surface area (TPSA) is 62.3 Å². The first kappa shape index (κ1) is 10.8. The second-order valence-electron chi connectivity index (χ2n) is 3.55. The summed E-state index contributed by atoms with van der Waals surface area (Å²) in [6.45, 7) is 5.28. The van der Waals surface area contributed by atoms with Crippen molar-refractivity contribution < 1.29 is 14.6 Å². The highest BCUT2D eigenvalue weighted by molar-refractivity contribution is 5.78. The molecule has 4 nitrogen and oxygen atoms in total. The highest BCUT2D eigenvalue weighted by Gasteiger charge is 2.37. The fourth-order valence-electron chi connectivity index (χ4n) is 1.52. The van der Waals surface area contributed by atoms with E-state index in [-0.39, 0.29) is 0 Å². The van der Waals surface area contributed by atoms with Crippen LogP contribution in [0.3, 0.4) is 0 Å². The van der Waals surface area contributed by atoms with Gasteiger partial charge in [-0.15, -0.1) is 0 Å². The zero-order chi connectivity index (χ0) is 10.9. The molecule has 0 spiro atoms. The number of ether oxygens (including phenoxy) is 1. The maximum absolute atomic E-state index is 11.1. The van der Waals surface area contributed by atoms with E-state index in [1.165, 1.54) is 14.0 Å². The molecule has 78 valence electrons. The third kappa shape index (κ3) is 1.53. The van der Waals surface area contributed by atoms with Crippen LogP contribution in [0.15, 0.2) is 6.07 Å². The first-order valence-electron chi connectivity index (χ1n) is 4.37. The molecule has 1 heterocycles. The fraction of sp³-hybridized carbons (Fsp3) is 0.500. The van der Waals surface area contributed by atoms with Crippen LogP contribution in [0.1, 0.15) is 23.9 Å². The molecule has 14 heavy (non-hydrogen) atoms. The van der Waals surface area contributed by atoms with Gasteiger partial charge >= 0.3 is 5.97 Å². The van der Waals surface area contributed by atoms with Crippen molar-refractivity contribution in [2.45, 2.75) is 26.4 Å². The number of aryl methyl sites for hydroxylation is 2. The van der Waals surface area contributed by atoms with E-state index < -0.39 is 11.6 Å². The highest BCUT2D eigenvalue weighted by atomic mass is 16.5. The SMILES string of the molecule is COC(C)(C(=O)O)c1[nH]c(C)cc1C. The lowest BCUT2D eigenvalue weighted by Gasteiger charge is -2.22. The minimum atomic E-state index is -1.29. The number of aromatic amines is 1. The Morgan fingerprint density at radius 3 is 2.43 bits per heavy atom. The zero-order valence-electron chi connectivity index (χ0n) is 8.84. The van der Waals surface area contributed by atoms with Crippen molar-refractivity contribution in [3.63, 3.8) is 0 Å². The van der Waals surface area contributed by atoms with Gasteiger partial charge in [-0.1, -0.05) is 0 Å². The number of methoxy groups -OCH3 is 1. The molecule has 0 aromatic carbocycles. The van der Waals surface area contributed by atoms with Crippen LogP contribution in [0.2, 0.25) is 0 Å². The number of carboxylic acid groups (broad SMARTS) is 1. The average molecular weight is 197 g/mol. The minimum absolute atomic E-state index is 0.602. The van der Waals surface area contributed by atoms with Crippen LogP contribution in [-0.4, -0.2) is 23.2 Å². The van der Waals surface area contributed by atoms with Crippen LogP contribution in [-0.2, 0) is 15.1 Å². The molecular formula is C10H15NO3. The van der Waals surface area contributed by atoms with Gasteiger partial charge in [0.15, 0.2) is 0 Å². The zero-order valence-corrected chi connectivity index (χ0v) is 8.84. The Balaban J connectivity index is 3.25. The van der Waals surface area contributed by atoms with Crippen LogP contribution < -0.4 is 0 Å². The predicted octanol–water partition coefficient (Wildman–Crippen LogP) is 1.58. The van der Waals surface area contributed by atoms with Crippen molar-refractivity contribution in [2.24, 2.45) is 0 Å². The van der Waals surface area contributed by atoms with Crippen molar-refractivity contribution >= 4 is 5.97 Å². The number of hydrogen-bond acceptors (Lipinski definition) is 2. The molecule has 0 saturated heterocycles. The van der Waals surface area contributed by atoms with E-state index in [1.54, 1.807) is 0 Å². The molecule has 0 aliphatic rings. The molecule has 2 N–H and O–H groups in total. The van der Waals surface area contributed by atoms with Gasteiger partial charge < -0.3 is 14.8 Å². The van der Waals surface area contributed by atoms with Crippen LogP contribution in [0.4, 0.5) is 0 Å². The standard InChI is InChI=1S/C10H15NO3/c1-6-5-7(2)11-8(6)10(3,14-4)9(12)13/h5,11H,1-4H3,(H,12,13). The van der Waals surface area contributed by atoms with Crippen molar-refractivity contribution in [1.29, 1.82) is 0 Å².